The summed E-state index contributed by atoms with van der Waals surface area (Å²) in [6.45, 7) is 2.04. The first kappa shape index (κ1) is 15.7. The molecule has 1 aliphatic carbocycles. The summed E-state index contributed by atoms with van der Waals surface area (Å²) >= 11 is 0. The van der Waals surface area contributed by atoms with Gasteiger partial charge in [0, 0.05) is 5.69 Å². The highest BCUT2D eigenvalue weighted by atomic mass is 16.3. The van der Waals surface area contributed by atoms with Gasteiger partial charge in [-0.25, -0.2) is 19.9 Å². The standard InChI is InChI=1S/C18H20N6O/c1-11-4-2-5-12(8-11)22-17-16-14(20-10-21-17)9-19-18(24-16)23-13-6-3-7-15(13)25/h2,4-5,8-10,13,15,25H,3,6-7H2,1H3,(H,19,23,24)(H,20,21,22). The van der Waals surface area contributed by atoms with E-state index in [-0.39, 0.29) is 12.1 Å². The molecule has 2 heterocycles. The molecule has 3 aromatic rings. The van der Waals surface area contributed by atoms with E-state index in [4.69, 9.17) is 0 Å². The molecular formula is C18H20N6O. The normalized spacial score (nSPS) is 19.9. The van der Waals surface area contributed by atoms with Crippen LogP contribution in [-0.4, -0.2) is 37.2 Å². The van der Waals surface area contributed by atoms with Crippen molar-refractivity contribution in [3.05, 3.63) is 42.4 Å². The number of aliphatic hydroxyl groups is 1. The maximum absolute atomic E-state index is 9.98. The van der Waals surface area contributed by atoms with Gasteiger partial charge < -0.3 is 15.7 Å². The average molecular weight is 336 g/mol. The highest BCUT2D eigenvalue weighted by Gasteiger charge is 2.25. The summed E-state index contributed by atoms with van der Waals surface area (Å²) in [6.07, 6.45) is 5.57. The Labute approximate surface area is 145 Å². The second kappa shape index (κ2) is 6.60. The van der Waals surface area contributed by atoms with E-state index in [1.807, 2.05) is 31.2 Å². The first-order valence-corrected chi connectivity index (χ1v) is 8.45. The topological polar surface area (TPSA) is 95.9 Å². The lowest BCUT2D eigenvalue weighted by atomic mass is 10.2. The van der Waals surface area contributed by atoms with Gasteiger partial charge in [0.05, 0.1) is 18.3 Å². The van der Waals surface area contributed by atoms with Gasteiger partial charge in [-0.15, -0.1) is 0 Å². The minimum atomic E-state index is -0.351. The third-order valence-corrected chi connectivity index (χ3v) is 4.45. The molecule has 1 saturated carbocycles. The van der Waals surface area contributed by atoms with E-state index in [1.165, 1.54) is 6.33 Å². The second-order valence-electron chi connectivity index (χ2n) is 6.39. The zero-order chi connectivity index (χ0) is 17.2. The first-order chi connectivity index (χ1) is 12.2. The van der Waals surface area contributed by atoms with Crippen molar-refractivity contribution in [2.75, 3.05) is 10.6 Å². The molecule has 1 aliphatic rings. The molecule has 4 rings (SSSR count). The molecule has 0 amide bonds. The monoisotopic (exact) mass is 336 g/mol. The number of aliphatic hydroxyl groups excluding tert-OH is 1. The summed E-state index contributed by atoms with van der Waals surface area (Å²) < 4.78 is 0. The van der Waals surface area contributed by atoms with Gasteiger partial charge in [0.15, 0.2) is 5.82 Å². The molecule has 0 spiro atoms. The van der Waals surface area contributed by atoms with Gasteiger partial charge in [-0.2, -0.15) is 0 Å². The molecule has 2 aromatic heterocycles. The largest absolute Gasteiger partial charge is 0.391 e. The third-order valence-electron chi connectivity index (χ3n) is 4.45. The number of hydrogen-bond acceptors (Lipinski definition) is 7. The number of nitrogens with one attached hydrogen (secondary N) is 2. The maximum atomic E-state index is 9.98. The molecule has 7 nitrogen and oxygen atoms in total. The maximum Gasteiger partial charge on any atom is 0.223 e. The van der Waals surface area contributed by atoms with E-state index in [1.54, 1.807) is 6.20 Å². The minimum Gasteiger partial charge on any atom is -0.391 e. The molecule has 0 radical (unpaired) electrons. The molecule has 0 aliphatic heterocycles. The molecule has 1 fully saturated rings. The van der Waals surface area contributed by atoms with Crippen molar-refractivity contribution in [2.45, 2.75) is 38.3 Å². The van der Waals surface area contributed by atoms with Crippen molar-refractivity contribution >= 4 is 28.5 Å². The number of aryl methyl sites for hydroxylation is 1. The van der Waals surface area contributed by atoms with Crippen LogP contribution in [0.15, 0.2) is 36.8 Å². The summed E-state index contributed by atoms with van der Waals surface area (Å²) in [6, 6.07) is 8.06. The molecule has 2 atom stereocenters. The highest BCUT2D eigenvalue weighted by molar-refractivity contribution is 5.87. The van der Waals surface area contributed by atoms with Crippen LogP contribution in [0.1, 0.15) is 24.8 Å². The molecule has 2 unspecified atom stereocenters. The van der Waals surface area contributed by atoms with Crippen molar-refractivity contribution in [1.82, 2.24) is 19.9 Å². The summed E-state index contributed by atoms with van der Waals surface area (Å²) in [5.74, 6) is 1.12. The van der Waals surface area contributed by atoms with Crippen LogP contribution < -0.4 is 10.6 Å². The number of aromatic nitrogens is 4. The van der Waals surface area contributed by atoms with Crippen LogP contribution in [0.5, 0.6) is 0 Å². The van der Waals surface area contributed by atoms with Crippen LogP contribution in [0.4, 0.5) is 17.5 Å². The zero-order valence-electron chi connectivity index (χ0n) is 14.0. The van der Waals surface area contributed by atoms with Gasteiger partial charge in [-0.1, -0.05) is 12.1 Å². The SMILES string of the molecule is Cc1cccc(Nc2ncnc3cnc(NC4CCCC4O)nc23)c1. The van der Waals surface area contributed by atoms with Gasteiger partial charge in [-0.05, 0) is 43.9 Å². The van der Waals surface area contributed by atoms with Crippen LogP contribution in [-0.2, 0) is 0 Å². The summed E-state index contributed by atoms with van der Waals surface area (Å²) in [7, 11) is 0. The molecule has 7 heteroatoms. The van der Waals surface area contributed by atoms with Crippen LogP contribution in [0.25, 0.3) is 11.0 Å². The van der Waals surface area contributed by atoms with Crippen LogP contribution in [0.2, 0.25) is 0 Å². The fraction of sp³-hybridized carbons (Fsp3) is 0.333. The smallest absolute Gasteiger partial charge is 0.223 e. The molecule has 3 N–H and O–H groups in total. The molecule has 25 heavy (non-hydrogen) atoms. The predicted molar refractivity (Wildman–Crippen MR) is 96.9 cm³/mol. The van der Waals surface area contributed by atoms with Gasteiger partial charge >= 0.3 is 0 Å². The first-order valence-electron chi connectivity index (χ1n) is 8.45. The van der Waals surface area contributed by atoms with Crippen LogP contribution >= 0.6 is 0 Å². The Bertz CT molecular complexity index is 900. The molecule has 128 valence electrons. The fourth-order valence-corrected chi connectivity index (χ4v) is 3.15. The van der Waals surface area contributed by atoms with Crippen LogP contribution in [0.3, 0.4) is 0 Å². The highest BCUT2D eigenvalue weighted by Crippen LogP contribution is 2.25. The van der Waals surface area contributed by atoms with Crippen molar-refractivity contribution < 1.29 is 5.11 Å². The van der Waals surface area contributed by atoms with Crippen molar-refractivity contribution in [2.24, 2.45) is 0 Å². The number of hydrogen-bond donors (Lipinski definition) is 3. The van der Waals surface area contributed by atoms with E-state index in [0.717, 1.165) is 30.5 Å². The van der Waals surface area contributed by atoms with Crippen molar-refractivity contribution in [3.63, 3.8) is 0 Å². The van der Waals surface area contributed by atoms with Gasteiger partial charge in [0.25, 0.3) is 0 Å². The van der Waals surface area contributed by atoms with Crippen molar-refractivity contribution in [3.8, 4) is 0 Å². The molecular weight excluding hydrogens is 316 g/mol. The Morgan fingerprint density at radius 1 is 1.16 bits per heavy atom. The predicted octanol–water partition coefficient (Wildman–Crippen LogP) is 2.80. The van der Waals surface area contributed by atoms with Gasteiger partial charge in [-0.3, -0.25) is 0 Å². The lowest BCUT2D eigenvalue weighted by Crippen LogP contribution is -2.28. The van der Waals surface area contributed by atoms with Gasteiger partial charge in [0.1, 0.15) is 17.4 Å². The Balaban J connectivity index is 1.65. The Kier molecular flexibility index (Phi) is 4.15. The van der Waals surface area contributed by atoms with E-state index < -0.39 is 0 Å². The lowest BCUT2D eigenvalue weighted by Gasteiger charge is -2.16. The summed E-state index contributed by atoms with van der Waals surface area (Å²) in [4.78, 5) is 17.5. The van der Waals surface area contributed by atoms with Crippen LogP contribution in [0, 0.1) is 6.92 Å². The Morgan fingerprint density at radius 3 is 2.88 bits per heavy atom. The number of nitrogens with zero attached hydrogens (tertiary/aromatic N) is 4. The molecule has 0 bridgehead atoms. The minimum absolute atomic E-state index is 0.00439. The summed E-state index contributed by atoms with van der Waals surface area (Å²) in [5.41, 5.74) is 3.42. The second-order valence-corrected chi connectivity index (χ2v) is 6.39. The van der Waals surface area contributed by atoms with E-state index in [9.17, 15) is 5.11 Å². The number of anilines is 3. The van der Waals surface area contributed by atoms with E-state index >= 15 is 0 Å². The van der Waals surface area contributed by atoms with E-state index in [0.29, 0.717) is 22.8 Å². The quantitative estimate of drug-likeness (QED) is 0.674. The number of benzene rings is 1. The third kappa shape index (κ3) is 3.36. The summed E-state index contributed by atoms with van der Waals surface area (Å²) in [5, 5.41) is 16.5. The van der Waals surface area contributed by atoms with Gasteiger partial charge in [0.2, 0.25) is 5.95 Å². The Morgan fingerprint density at radius 2 is 2.08 bits per heavy atom. The average Bonchev–Trinajstić information content (AvgIpc) is 3.00. The number of fused-ring (bicyclic) bond motifs is 1. The molecule has 0 saturated heterocycles. The fourth-order valence-electron chi connectivity index (χ4n) is 3.15. The molecule has 1 aromatic carbocycles. The number of rotatable bonds is 4. The zero-order valence-corrected chi connectivity index (χ0v) is 14.0. The Hall–Kier alpha value is -2.80. The van der Waals surface area contributed by atoms with Crippen molar-refractivity contribution in [1.29, 1.82) is 0 Å². The van der Waals surface area contributed by atoms with E-state index in [2.05, 4.69) is 30.6 Å². The lowest BCUT2D eigenvalue weighted by molar-refractivity contribution is 0.171.